The molecule has 0 aromatic heterocycles. The first-order chi connectivity index (χ1) is 37.2. The average Bonchev–Trinajstić information content (AvgIpc) is 4.32. The maximum atomic E-state index is 14.6. The van der Waals surface area contributed by atoms with Crippen LogP contribution in [0.15, 0.2) is 84.9 Å². The van der Waals surface area contributed by atoms with E-state index in [-0.39, 0.29) is 67.9 Å². The van der Waals surface area contributed by atoms with Crippen molar-refractivity contribution in [1.82, 2.24) is 31.1 Å². The minimum atomic E-state index is -1.26. The lowest BCUT2D eigenvalue weighted by atomic mass is 9.77. The number of aliphatic hydroxyl groups excluding tert-OH is 2. The monoisotopic (exact) mass is 1070 g/mol. The smallest absolute Gasteiger partial charge is 0.251 e. The van der Waals surface area contributed by atoms with Crippen molar-refractivity contribution in [2.45, 2.75) is 170 Å². The highest BCUT2D eigenvalue weighted by atomic mass is 16.6. The molecule has 11 atom stereocenters. The summed E-state index contributed by atoms with van der Waals surface area (Å²) in [6, 6.07) is 23.3. The molecule has 3 amide bonds. The molecule has 3 saturated heterocycles. The maximum Gasteiger partial charge on any atom is 0.251 e. The molecule has 0 saturated carbocycles. The summed E-state index contributed by atoms with van der Waals surface area (Å²) in [6.07, 6.45) is -0.205. The van der Waals surface area contributed by atoms with Crippen molar-refractivity contribution in [2.75, 3.05) is 20.3 Å². The van der Waals surface area contributed by atoms with Crippen molar-refractivity contribution in [1.29, 1.82) is 10.8 Å². The van der Waals surface area contributed by atoms with E-state index in [0.717, 1.165) is 16.7 Å². The molecular weight excluding hydrogens is 997 g/mol. The molecular formula is C59H72N8O11. The average molecular weight is 1070 g/mol. The van der Waals surface area contributed by atoms with Gasteiger partial charge in [0.25, 0.3) is 5.91 Å². The van der Waals surface area contributed by atoms with Crippen LogP contribution >= 0.6 is 0 Å². The van der Waals surface area contributed by atoms with Gasteiger partial charge in [-0.25, -0.2) is 0 Å². The van der Waals surface area contributed by atoms with Crippen LogP contribution in [-0.2, 0) is 19.1 Å². The normalized spacial score (nSPS) is 31.3. The van der Waals surface area contributed by atoms with E-state index >= 15 is 0 Å². The molecule has 78 heavy (non-hydrogen) atoms. The van der Waals surface area contributed by atoms with Crippen LogP contribution in [0.1, 0.15) is 161 Å². The third-order valence-corrected chi connectivity index (χ3v) is 17.2. The van der Waals surface area contributed by atoms with Crippen LogP contribution in [0.3, 0.4) is 0 Å². The van der Waals surface area contributed by atoms with Gasteiger partial charge in [0.05, 0.1) is 37.2 Å². The number of nitrogens with zero attached hydrogens (tertiary/aromatic N) is 2. The van der Waals surface area contributed by atoms with Gasteiger partial charge in [0.1, 0.15) is 71.5 Å². The number of benzene rings is 4. The number of guanidine groups is 2. The quantitative estimate of drug-likeness (QED) is 0.0599. The number of amides is 3. The second-order valence-corrected chi connectivity index (χ2v) is 23.4. The van der Waals surface area contributed by atoms with Crippen LogP contribution in [0.2, 0.25) is 0 Å². The topological polar surface area (TPSA) is 253 Å². The van der Waals surface area contributed by atoms with E-state index in [2.05, 4.69) is 21.3 Å². The summed E-state index contributed by atoms with van der Waals surface area (Å²) < 4.78 is 37.5. The minimum absolute atomic E-state index is 0.00634. The number of rotatable bonds is 14. The molecule has 0 bridgehead atoms. The van der Waals surface area contributed by atoms with Gasteiger partial charge >= 0.3 is 0 Å². The van der Waals surface area contributed by atoms with Crippen LogP contribution in [0.5, 0.6) is 23.0 Å². The number of carbonyl (C=O) groups is 3. The molecule has 7 aliphatic heterocycles. The van der Waals surface area contributed by atoms with Gasteiger partial charge in [0.15, 0.2) is 11.9 Å². The summed E-state index contributed by atoms with van der Waals surface area (Å²) in [6.45, 7) is 12.0. The van der Waals surface area contributed by atoms with Gasteiger partial charge in [-0.1, -0.05) is 56.3 Å². The summed E-state index contributed by atoms with van der Waals surface area (Å²) in [5, 5.41) is 55.0. The summed E-state index contributed by atoms with van der Waals surface area (Å²) in [4.78, 5) is 45.9. The molecule has 0 radical (unpaired) electrons. The number of methoxy groups -OCH3 is 1. The summed E-state index contributed by atoms with van der Waals surface area (Å²) in [5.41, 5.74) is 0.550. The van der Waals surface area contributed by atoms with E-state index in [9.17, 15) is 30.0 Å². The lowest BCUT2D eigenvalue weighted by molar-refractivity contribution is -0.134. The Balaban J connectivity index is 0.838. The summed E-state index contributed by atoms with van der Waals surface area (Å²) in [7, 11) is 1.59. The Labute approximate surface area is 454 Å². The van der Waals surface area contributed by atoms with Crippen molar-refractivity contribution >= 4 is 29.6 Å². The Hall–Kier alpha value is -6.77. The molecule has 4 aromatic carbocycles. The Kier molecular flexibility index (Phi) is 13.8. The number of fused-ring (bicyclic) bond motifs is 4. The molecule has 19 heteroatoms. The van der Waals surface area contributed by atoms with E-state index in [1.165, 1.54) is 9.80 Å². The van der Waals surface area contributed by atoms with E-state index in [1.54, 1.807) is 25.3 Å². The number of carbonyl (C=O) groups excluding carboxylic acids is 3. The number of nitrogens with one attached hydrogen (secondary N) is 6. The van der Waals surface area contributed by atoms with Gasteiger partial charge in [0, 0.05) is 65.3 Å². The molecule has 7 aliphatic rings. The summed E-state index contributed by atoms with van der Waals surface area (Å²) in [5.74, 6) is 1.41. The zero-order valence-electron chi connectivity index (χ0n) is 45.3. The molecule has 414 valence electrons. The number of hydrogen-bond donors (Lipinski definition) is 8. The Morgan fingerprint density at radius 2 is 1.42 bits per heavy atom. The van der Waals surface area contributed by atoms with Gasteiger partial charge in [0.2, 0.25) is 11.8 Å². The number of ether oxygens (including phenoxy) is 6. The van der Waals surface area contributed by atoms with Crippen LogP contribution in [0.4, 0.5) is 0 Å². The van der Waals surface area contributed by atoms with E-state index in [0.29, 0.717) is 66.2 Å². The van der Waals surface area contributed by atoms with Crippen LogP contribution in [-0.4, -0.2) is 117 Å². The van der Waals surface area contributed by atoms with E-state index in [4.69, 9.17) is 33.8 Å². The SMILES string of the molecule is CCC1(CC)CC(=O)N([C@@H]2CC(COC)Oc3ccc(C(=O)N[C@@H]4c5ccccc5OC(C)(CCC5(C)C[C@@H](N6C(=N)NC(C)(C)CC6=O)c6cc(C7OC7N[C@@H]7c8ccccc8OC[C@H]7O)ccc6O5)[C@H]4O)cc32)C(=N)N1. The maximum absolute atomic E-state index is 14.6. The van der Waals surface area contributed by atoms with Gasteiger partial charge < -0.3 is 54.6 Å². The lowest BCUT2D eigenvalue weighted by Gasteiger charge is -2.49. The predicted molar refractivity (Wildman–Crippen MR) is 287 cm³/mol. The second kappa shape index (κ2) is 20.2. The molecule has 3 fully saturated rings. The molecule has 19 nitrogen and oxygen atoms in total. The summed E-state index contributed by atoms with van der Waals surface area (Å²) >= 11 is 0. The Bertz CT molecular complexity index is 3000. The lowest BCUT2D eigenvalue weighted by Crippen LogP contribution is -2.63. The molecule has 11 rings (SSSR count). The van der Waals surface area contributed by atoms with Crippen LogP contribution in [0, 0.1) is 10.8 Å². The molecule has 0 aliphatic carbocycles. The third-order valence-electron chi connectivity index (χ3n) is 17.2. The molecule has 0 spiro atoms. The van der Waals surface area contributed by atoms with Gasteiger partial charge in [-0.05, 0) is 101 Å². The Morgan fingerprint density at radius 3 is 2.14 bits per heavy atom. The van der Waals surface area contributed by atoms with Crippen LogP contribution < -0.4 is 40.2 Å². The highest BCUT2D eigenvalue weighted by Gasteiger charge is 2.52. The highest BCUT2D eigenvalue weighted by Crippen LogP contribution is 2.51. The standard InChI is InChI=1S/C59H72N8O11/c1-8-59(9-2)29-47(70)66(55(61)65-59)39-26-34(30-73-7)75-43-20-19-33(25-37(39)43)52(72)62-49-36-15-11-13-17-44(36)78-58(6,51(49)71)23-22-57(5)27-40(67-46(69)28-56(3,4)64-54(67)60)38-24-32(18-21-45(38)77-57)50-53(76-50)63-48-35-14-10-12-16-42(35)74-31-41(48)68/h10-21,24-25,34,39-41,48-51,53,63,68,71H,8-9,22-23,26-31H2,1-7H3,(H2,60,64)(H2,61,65)(H,62,72)/t34?,39-,40-,41-,48-,49-,50?,51+,53?,57?,58?/m1/s1. The Morgan fingerprint density at radius 1 is 0.769 bits per heavy atom. The van der Waals surface area contributed by atoms with E-state index < -0.39 is 76.9 Å². The zero-order valence-corrected chi connectivity index (χ0v) is 45.3. The molecule has 5 unspecified atom stereocenters. The number of hydrogen-bond acceptors (Lipinski definition) is 14. The molecule has 4 aromatic rings. The zero-order chi connectivity index (χ0) is 55.1. The number of epoxide rings is 1. The largest absolute Gasteiger partial charge is 0.490 e. The van der Waals surface area contributed by atoms with E-state index in [1.807, 2.05) is 108 Å². The van der Waals surface area contributed by atoms with Gasteiger partial charge in [-0.15, -0.1) is 0 Å². The highest BCUT2D eigenvalue weighted by molar-refractivity contribution is 6.01. The molecule has 8 N–H and O–H groups in total. The fourth-order valence-corrected chi connectivity index (χ4v) is 12.7. The van der Waals surface area contributed by atoms with Crippen molar-refractivity contribution in [3.63, 3.8) is 0 Å². The van der Waals surface area contributed by atoms with Crippen LogP contribution in [0.25, 0.3) is 0 Å². The van der Waals surface area contributed by atoms with Crippen molar-refractivity contribution < 1.29 is 53.0 Å². The third kappa shape index (κ3) is 9.81. The van der Waals surface area contributed by atoms with Crippen molar-refractivity contribution in [3.05, 3.63) is 118 Å². The van der Waals surface area contributed by atoms with Gasteiger partial charge in [-0.3, -0.25) is 40.3 Å². The van der Waals surface area contributed by atoms with Crippen molar-refractivity contribution in [2.24, 2.45) is 0 Å². The fraction of sp³-hybridized carbons (Fsp3) is 0.508. The fourth-order valence-electron chi connectivity index (χ4n) is 12.7. The first-order valence-electron chi connectivity index (χ1n) is 27.3. The first kappa shape index (κ1) is 53.2. The molecule has 7 heterocycles. The number of para-hydroxylation sites is 2. The minimum Gasteiger partial charge on any atom is -0.490 e. The predicted octanol–water partition coefficient (Wildman–Crippen LogP) is 6.90. The number of aliphatic hydroxyl groups is 2. The van der Waals surface area contributed by atoms with Crippen molar-refractivity contribution in [3.8, 4) is 23.0 Å². The first-order valence-corrected chi connectivity index (χ1v) is 27.3. The van der Waals surface area contributed by atoms with Gasteiger partial charge in [-0.2, -0.15) is 0 Å². The second-order valence-electron chi connectivity index (χ2n) is 23.4.